The number of nitrogens with one attached hydrogen (secondary N) is 1. The lowest BCUT2D eigenvalue weighted by atomic mass is 10.1. The van der Waals surface area contributed by atoms with Gasteiger partial charge in [-0.2, -0.15) is 0 Å². The largest absolute Gasteiger partial charge is 0.480 e. The van der Waals surface area contributed by atoms with Gasteiger partial charge >= 0.3 is 0 Å². The van der Waals surface area contributed by atoms with E-state index in [4.69, 9.17) is 4.74 Å². The lowest BCUT2D eigenvalue weighted by molar-refractivity contribution is -0.128. The van der Waals surface area contributed by atoms with Crippen LogP contribution >= 0.6 is 0 Å². The molecule has 5 nitrogen and oxygen atoms in total. The first kappa shape index (κ1) is 21.2. The van der Waals surface area contributed by atoms with Gasteiger partial charge in [0.25, 0.3) is 5.91 Å². The molecule has 1 aliphatic heterocycles. The number of ether oxygens (including phenoxy) is 1. The normalized spacial score (nSPS) is 15.8. The molecule has 1 aliphatic rings. The fourth-order valence-corrected chi connectivity index (χ4v) is 3.60. The van der Waals surface area contributed by atoms with Gasteiger partial charge in [0, 0.05) is 38.4 Å². The second-order valence-electron chi connectivity index (χ2n) is 7.96. The van der Waals surface area contributed by atoms with Crippen LogP contribution in [0.3, 0.4) is 0 Å². The summed E-state index contributed by atoms with van der Waals surface area (Å²) in [5.41, 5.74) is 4.58. The number of aryl methyl sites for hydroxylation is 2. The highest BCUT2D eigenvalue weighted by Gasteiger charge is 2.19. The van der Waals surface area contributed by atoms with E-state index in [1.54, 1.807) is 0 Å². The number of hydrogen-bond donors (Lipinski definition) is 1. The number of anilines is 1. The third-order valence-corrected chi connectivity index (χ3v) is 5.53. The van der Waals surface area contributed by atoms with E-state index >= 15 is 0 Å². The van der Waals surface area contributed by atoms with Crippen molar-refractivity contribution < 1.29 is 9.53 Å². The minimum absolute atomic E-state index is 0.0735. The van der Waals surface area contributed by atoms with Gasteiger partial charge in [-0.05, 0) is 56.6 Å². The van der Waals surface area contributed by atoms with Crippen molar-refractivity contribution in [3.05, 3.63) is 59.2 Å². The van der Waals surface area contributed by atoms with Crippen molar-refractivity contribution in [3.8, 4) is 5.75 Å². The summed E-state index contributed by atoms with van der Waals surface area (Å²) in [7, 11) is 2.16. The molecule has 1 N–H and O–H groups in total. The van der Waals surface area contributed by atoms with E-state index in [-0.39, 0.29) is 5.91 Å². The highest BCUT2D eigenvalue weighted by atomic mass is 16.5. The molecule has 0 aliphatic carbocycles. The van der Waals surface area contributed by atoms with E-state index < -0.39 is 6.10 Å². The summed E-state index contributed by atoms with van der Waals surface area (Å²) >= 11 is 0. The van der Waals surface area contributed by atoms with Crippen molar-refractivity contribution in [2.75, 3.05) is 38.1 Å². The fourth-order valence-electron chi connectivity index (χ4n) is 3.60. The molecule has 1 heterocycles. The molecule has 1 unspecified atom stereocenters. The summed E-state index contributed by atoms with van der Waals surface area (Å²) in [6.45, 7) is 10.8. The Morgan fingerprint density at radius 1 is 1.07 bits per heavy atom. The first-order valence-electron chi connectivity index (χ1n) is 10.5. The molecule has 1 saturated heterocycles. The lowest BCUT2D eigenvalue weighted by Crippen LogP contribution is -2.44. The molecule has 0 aromatic heterocycles. The predicted octanol–water partition coefficient (Wildman–Crippen LogP) is 3.53. The van der Waals surface area contributed by atoms with Crippen LogP contribution in [0.15, 0.2) is 42.5 Å². The quantitative estimate of drug-likeness (QED) is 0.779. The van der Waals surface area contributed by atoms with Crippen LogP contribution in [-0.4, -0.2) is 50.1 Å². The molecule has 1 fully saturated rings. The highest BCUT2D eigenvalue weighted by Crippen LogP contribution is 2.21. The zero-order valence-electron chi connectivity index (χ0n) is 18.1. The molecule has 2 aromatic carbocycles. The molecular formula is C24H33N3O2. The number of rotatable bonds is 7. The van der Waals surface area contributed by atoms with Crippen molar-refractivity contribution in [2.24, 2.45) is 0 Å². The summed E-state index contributed by atoms with van der Waals surface area (Å²) < 4.78 is 5.98. The molecule has 2 aromatic rings. The summed E-state index contributed by atoms with van der Waals surface area (Å²) in [6, 6.07) is 14.5. The third kappa shape index (κ3) is 5.73. The second-order valence-corrected chi connectivity index (χ2v) is 7.96. The molecule has 0 saturated carbocycles. The Morgan fingerprint density at radius 3 is 2.38 bits per heavy atom. The monoisotopic (exact) mass is 395 g/mol. The van der Waals surface area contributed by atoms with Crippen LogP contribution in [0.5, 0.6) is 5.75 Å². The van der Waals surface area contributed by atoms with E-state index in [0.29, 0.717) is 13.0 Å². The molecule has 156 valence electrons. The van der Waals surface area contributed by atoms with Crippen LogP contribution < -0.4 is 15.0 Å². The van der Waals surface area contributed by atoms with Gasteiger partial charge in [-0.25, -0.2) is 0 Å². The number of likely N-dealkylation sites (N-methyl/N-ethyl adjacent to an activating group) is 1. The number of carbonyl (C=O) groups is 1. The summed E-state index contributed by atoms with van der Waals surface area (Å²) in [5.74, 6) is 0.699. The number of hydrogen-bond acceptors (Lipinski definition) is 4. The van der Waals surface area contributed by atoms with E-state index in [1.165, 1.54) is 11.3 Å². The molecule has 0 spiro atoms. The average Bonchev–Trinajstić information content (AvgIpc) is 2.72. The van der Waals surface area contributed by atoms with E-state index in [0.717, 1.165) is 43.1 Å². The summed E-state index contributed by atoms with van der Waals surface area (Å²) in [5, 5.41) is 3.02. The van der Waals surface area contributed by atoms with Crippen molar-refractivity contribution in [3.63, 3.8) is 0 Å². The van der Waals surface area contributed by atoms with Gasteiger partial charge in [0.1, 0.15) is 5.75 Å². The zero-order valence-corrected chi connectivity index (χ0v) is 18.1. The zero-order chi connectivity index (χ0) is 20.8. The fraction of sp³-hybridized carbons (Fsp3) is 0.458. The Labute approximate surface area is 174 Å². The average molecular weight is 396 g/mol. The Morgan fingerprint density at radius 2 is 1.76 bits per heavy atom. The molecule has 5 heteroatoms. The Bertz CT molecular complexity index is 811. The maximum Gasteiger partial charge on any atom is 0.261 e. The van der Waals surface area contributed by atoms with Crippen LogP contribution in [0.25, 0.3) is 0 Å². The molecule has 0 radical (unpaired) electrons. The van der Waals surface area contributed by atoms with Crippen molar-refractivity contribution in [1.29, 1.82) is 0 Å². The number of benzene rings is 2. The van der Waals surface area contributed by atoms with Crippen LogP contribution in [0.4, 0.5) is 5.69 Å². The van der Waals surface area contributed by atoms with Crippen LogP contribution in [0.1, 0.15) is 30.0 Å². The van der Waals surface area contributed by atoms with Gasteiger partial charge in [-0.15, -0.1) is 0 Å². The van der Waals surface area contributed by atoms with E-state index in [9.17, 15) is 4.79 Å². The molecule has 1 amide bonds. The maximum absolute atomic E-state index is 12.6. The second kappa shape index (κ2) is 9.79. The number of amides is 1. The molecule has 3 rings (SSSR count). The maximum atomic E-state index is 12.6. The topological polar surface area (TPSA) is 44.8 Å². The minimum Gasteiger partial charge on any atom is -0.480 e. The smallest absolute Gasteiger partial charge is 0.261 e. The lowest BCUT2D eigenvalue weighted by Gasteiger charge is -2.34. The van der Waals surface area contributed by atoms with E-state index in [1.807, 2.05) is 26.0 Å². The Hall–Kier alpha value is -2.53. The molecule has 1 atom stereocenters. The van der Waals surface area contributed by atoms with Crippen LogP contribution in [-0.2, 0) is 11.3 Å². The van der Waals surface area contributed by atoms with Gasteiger partial charge in [0.2, 0.25) is 0 Å². The van der Waals surface area contributed by atoms with Crippen molar-refractivity contribution >= 4 is 11.6 Å². The Balaban J connectivity index is 1.53. The third-order valence-electron chi connectivity index (χ3n) is 5.53. The molecular weight excluding hydrogens is 362 g/mol. The first-order valence-corrected chi connectivity index (χ1v) is 10.5. The van der Waals surface area contributed by atoms with Gasteiger partial charge in [-0.3, -0.25) is 4.79 Å². The van der Waals surface area contributed by atoms with Crippen molar-refractivity contribution in [1.82, 2.24) is 10.2 Å². The van der Waals surface area contributed by atoms with E-state index in [2.05, 4.69) is 59.4 Å². The van der Waals surface area contributed by atoms with Gasteiger partial charge in [-0.1, -0.05) is 36.8 Å². The number of nitrogens with zero attached hydrogens (tertiary/aromatic N) is 2. The SMILES string of the molecule is CCC(Oc1ccc(C)cc1C)C(=O)NCc1ccc(N2CCN(C)CC2)cc1. The van der Waals surface area contributed by atoms with Crippen LogP contribution in [0, 0.1) is 13.8 Å². The minimum atomic E-state index is -0.485. The number of piperazine rings is 1. The summed E-state index contributed by atoms with van der Waals surface area (Å²) in [4.78, 5) is 17.4. The Kier molecular flexibility index (Phi) is 7.15. The summed E-state index contributed by atoms with van der Waals surface area (Å²) in [6.07, 6.45) is 0.141. The number of carbonyl (C=O) groups excluding carboxylic acids is 1. The van der Waals surface area contributed by atoms with Crippen LogP contribution in [0.2, 0.25) is 0 Å². The molecule has 29 heavy (non-hydrogen) atoms. The first-order chi connectivity index (χ1) is 14.0. The standard InChI is InChI=1S/C24H33N3O2/c1-5-22(29-23-11-6-18(2)16-19(23)3)24(28)25-17-20-7-9-21(10-8-20)27-14-12-26(4)13-15-27/h6-11,16,22H,5,12-15,17H2,1-4H3,(H,25,28). The highest BCUT2D eigenvalue weighted by molar-refractivity contribution is 5.81. The molecule has 0 bridgehead atoms. The predicted molar refractivity (Wildman–Crippen MR) is 119 cm³/mol. The van der Waals surface area contributed by atoms with Gasteiger partial charge < -0.3 is 19.9 Å². The van der Waals surface area contributed by atoms with Gasteiger partial charge in [0.05, 0.1) is 0 Å². The van der Waals surface area contributed by atoms with Gasteiger partial charge in [0.15, 0.2) is 6.10 Å². The van der Waals surface area contributed by atoms with Crippen molar-refractivity contribution in [2.45, 2.75) is 39.8 Å².